The van der Waals surface area contributed by atoms with Crippen molar-refractivity contribution in [2.45, 2.75) is 26.7 Å². The van der Waals surface area contributed by atoms with Gasteiger partial charge in [-0.25, -0.2) is 9.97 Å². The highest BCUT2D eigenvalue weighted by Crippen LogP contribution is 2.13. The van der Waals surface area contributed by atoms with Gasteiger partial charge in [-0.2, -0.15) is 0 Å². The number of aryl methyl sites for hydroxylation is 1. The van der Waals surface area contributed by atoms with Crippen LogP contribution >= 0.6 is 0 Å². The van der Waals surface area contributed by atoms with Gasteiger partial charge in [0.15, 0.2) is 0 Å². The Kier molecular flexibility index (Phi) is 3.83. The Bertz CT molecular complexity index is 299. The zero-order chi connectivity index (χ0) is 10.6. The Morgan fingerprint density at radius 3 is 2.71 bits per heavy atom. The molecule has 0 unspecified atom stereocenters. The molecule has 14 heavy (non-hydrogen) atoms. The Hall–Kier alpha value is -1.16. The molecule has 1 rings (SSSR count). The van der Waals surface area contributed by atoms with Crippen LogP contribution in [0.2, 0.25) is 0 Å². The summed E-state index contributed by atoms with van der Waals surface area (Å²) in [5.74, 6) is 1.95. The van der Waals surface area contributed by atoms with E-state index in [0.29, 0.717) is 12.5 Å². The molecule has 0 saturated heterocycles. The first kappa shape index (κ1) is 10.9. The van der Waals surface area contributed by atoms with Crippen molar-refractivity contribution in [2.75, 3.05) is 18.5 Å². The van der Waals surface area contributed by atoms with E-state index >= 15 is 0 Å². The van der Waals surface area contributed by atoms with E-state index < -0.39 is 0 Å². The summed E-state index contributed by atoms with van der Waals surface area (Å²) < 4.78 is 0. The molecule has 0 aliphatic carbocycles. The molecule has 1 aromatic heterocycles. The molecule has 0 atom stereocenters. The Morgan fingerprint density at radius 1 is 1.43 bits per heavy atom. The van der Waals surface area contributed by atoms with Gasteiger partial charge in [-0.3, -0.25) is 0 Å². The monoisotopic (exact) mass is 195 g/mol. The molecule has 0 aromatic carbocycles. The molecular formula is C10H17N3O. The molecule has 0 fully saturated rings. The van der Waals surface area contributed by atoms with Crippen LogP contribution < -0.4 is 5.32 Å². The SMILES string of the molecule is Cc1cc(NCCO)nc(C(C)C)n1. The molecule has 0 bridgehead atoms. The van der Waals surface area contributed by atoms with Crippen LogP contribution in [0, 0.1) is 6.92 Å². The summed E-state index contributed by atoms with van der Waals surface area (Å²) in [6.07, 6.45) is 0. The number of aliphatic hydroxyl groups is 1. The quantitative estimate of drug-likeness (QED) is 0.760. The van der Waals surface area contributed by atoms with Crippen LogP contribution in [-0.2, 0) is 0 Å². The predicted molar refractivity (Wildman–Crippen MR) is 56.4 cm³/mol. The number of hydrogen-bond donors (Lipinski definition) is 2. The fourth-order valence-corrected chi connectivity index (χ4v) is 1.12. The molecule has 2 N–H and O–H groups in total. The van der Waals surface area contributed by atoms with E-state index in [1.165, 1.54) is 0 Å². The van der Waals surface area contributed by atoms with Gasteiger partial charge in [0.05, 0.1) is 6.61 Å². The lowest BCUT2D eigenvalue weighted by Crippen LogP contribution is -2.09. The highest BCUT2D eigenvalue weighted by molar-refractivity contribution is 5.36. The topological polar surface area (TPSA) is 58.0 Å². The average molecular weight is 195 g/mol. The number of nitrogens with one attached hydrogen (secondary N) is 1. The highest BCUT2D eigenvalue weighted by atomic mass is 16.3. The third-order valence-electron chi connectivity index (χ3n) is 1.81. The summed E-state index contributed by atoms with van der Waals surface area (Å²) in [5, 5.41) is 11.7. The van der Waals surface area contributed by atoms with Crippen LogP contribution in [0.25, 0.3) is 0 Å². The van der Waals surface area contributed by atoms with Gasteiger partial charge in [0, 0.05) is 24.2 Å². The molecule has 0 amide bonds. The maximum absolute atomic E-state index is 8.67. The normalized spacial score (nSPS) is 10.6. The molecule has 1 aromatic rings. The van der Waals surface area contributed by atoms with Gasteiger partial charge in [0.2, 0.25) is 0 Å². The molecule has 0 aliphatic heterocycles. The lowest BCUT2D eigenvalue weighted by Gasteiger charge is -2.09. The third kappa shape index (κ3) is 2.96. The summed E-state index contributed by atoms with van der Waals surface area (Å²) >= 11 is 0. The summed E-state index contributed by atoms with van der Waals surface area (Å²) in [6, 6.07) is 1.88. The molecule has 1 heterocycles. The molecule has 0 saturated carbocycles. The van der Waals surface area contributed by atoms with E-state index in [9.17, 15) is 0 Å². The predicted octanol–water partition coefficient (Wildman–Crippen LogP) is 1.31. The standard InChI is InChI=1S/C10H17N3O/c1-7(2)10-12-8(3)6-9(13-10)11-4-5-14/h6-7,14H,4-5H2,1-3H3,(H,11,12,13). The first-order chi connectivity index (χ1) is 6.63. The van der Waals surface area contributed by atoms with E-state index in [4.69, 9.17) is 5.11 Å². The first-order valence-corrected chi connectivity index (χ1v) is 4.83. The summed E-state index contributed by atoms with van der Waals surface area (Å²) in [7, 11) is 0. The minimum absolute atomic E-state index is 0.111. The second kappa shape index (κ2) is 4.91. The summed E-state index contributed by atoms with van der Waals surface area (Å²) in [5.41, 5.74) is 0.948. The van der Waals surface area contributed by atoms with E-state index in [-0.39, 0.29) is 6.61 Å². The number of aliphatic hydroxyl groups excluding tert-OH is 1. The van der Waals surface area contributed by atoms with Crippen molar-refractivity contribution in [3.05, 3.63) is 17.6 Å². The Labute approximate surface area is 84.4 Å². The number of anilines is 1. The van der Waals surface area contributed by atoms with E-state index in [2.05, 4.69) is 29.1 Å². The molecule has 0 radical (unpaired) electrons. The van der Waals surface area contributed by atoms with Crippen LogP contribution in [0.1, 0.15) is 31.3 Å². The van der Waals surface area contributed by atoms with Crippen LogP contribution in [0.5, 0.6) is 0 Å². The van der Waals surface area contributed by atoms with E-state index in [1.54, 1.807) is 0 Å². The summed E-state index contributed by atoms with van der Waals surface area (Å²) in [4.78, 5) is 8.67. The number of aromatic nitrogens is 2. The van der Waals surface area contributed by atoms with Crippen LogP contribution in [-0.4, -0.2) is 28.2 Å². The van der Waals surface area contributed by atoms with Crippen molar-refractivity contribution in [2.24, 2.45) is 0 Å². The fourth-order valence-electron chi connectivity index (χ4n) is 1.12. The van der Waals surface area contributed by atoms with Crippen molar-refractivity contribution >= 4 is 5.82 Å². The van der Waals surface area contributed by atoms with Crippen LogP contribution in [0.3, 0.4) is 0 Å². The maximum atomic E-state index is 8.67. The highest BCUT2D eigenvalue weighted by Gasteiger charge is 2.05. The smallest absolute Gasteiger partial charge is 0.133 e. The van der Waals surface area contributed by atoms with E-state index in [1.807, 2.05) is 13.0 Å². The zero-order valence-electron chi connectivity index (χ0n) is 8.91. The molecule has 0 aliphatic rings. The Balaban J connectivity index is 2.84. The van der Waals surface area contributed by atoms with Gasteiger partial charge in [-0.15, -0.1) is 0 Å². The Morgan fingerprint density at radius 2 is 2.14 bits per heavy atom. The van der Waals surface area contributed by atoms with Gasteiger partial charge < -0.3 is 10.4 Å². The second-order valence-corrected chi connectivity index (χ2v) is 3.56. The van der Waals surface area contributed by atoms with Crippen LogP contribution in [0.15, 0.2) is 6.07 Å². The zero-order valence-corrected chi connectivity index (χ0v) is 8.91. The van der Waals surface area contributed by atoms with Gasteiger partial charge in [0.1, 0.15) is 11.6 Å². The molecule has 4 nitrogen and oxygen atoms in total. The molecule has 0 spiro atoms. The molecule has 78 valence electrons. The number of rotatable bonds is 4. The fraction of sp³-hybridized carbons (Fsp3) is 0.600. The van der Waals surface area contributed by atoms with Crippen molar-refractivity contribution < 1.29 is 5.11 Å². The molecular weight excluding hydrogens is 178 g/mol. The van der Waals surface area contributed by atoms with Gasteiger partial charge in [-0.1, -0.05) is 13.8 Å². The van der Waals surface area contributed by atoms with Crippen LogP contribution in [0.4, 0.5) is 5.82 Å². The largest absolute Gasteiger partial charge is 0.395 e. The number of hydrogen-bond acceptors (Lipinski definition) is 4. The van der Waals surface area contributed by atoms with Crippen molar-refractivity contribution in [1.82, 2.24) is 9.97 Å². The number of nitrogens with zero attached hydrogens (tertiary/aromatic N) is 2. The molecule has 4 heteroatoms. The van der Waals surface area contributed by atoms with Gasteiger partial charge in [-0.05, 0) is 6.92 Å². The van der Waals surface area contributed by atoms with Crippen molar-refractivity contribution in [3.8, 4) is 0 Å². The van der Waals surface area contributed by atoms with Crippen molar-refractivity contribution in [3.63, 3.8) is 0 Å². The van der Waals surface area contributed by atoms with Gasteiger partial charge in [0.25, 0.3) is 0 Å². The van der Waals surface area contributed by atoms with E-state index in [0.717, 1.165) is 17.3 Å². The minimum atomic E-state index is 0.111. The first-order valence-electron chi connectivity index (χ1n) is 4.83. The second-order valence-electron chi connectivity index (χ2n) is 3.56. The van der Waals surface area contributed by atoms with Gasteiger partial charge >= 0.3 is 0 Å². The minimum Gasteiger partial charge on any atom is -0.395 e. The summed E-state index contributed by atoms with van der Waals surface area (Å²) in [6.45, 7) is 6.70. The average Bonchev–Trinajstić information content (AvgIpc) is 2.14. The third-order valence-corrected chi connectivity index (χ3v) is 1.81. The maximum Gasteiger partial charge on any atom is 0.133 e. The lowest BCUT2D eigenvalue weighted by atomic mass is 10.2. The van der Waals surface area contributed by atoms with Crippen molar-refractivity contribution in [1.29, 1.82) is 0 Å². The lowest BCUT2D eigenvalue weighted by molar-refractivity contribution is 0.311.